The maximum atomic E-state index is 12.2. The van der Waals surface area contributed by atoms with Crippen LogP contribution in [0, 0.1) is 5.92 Å². The molecule has 1 amide bonds. The van der Waals surface area contributed by atoms with E-state index in [2.05, 4.69) is 10.3 Å². The largest absolute Gasteiger partial charge is 0.383 e. The number of carbonyl (C=O) groups is 1. The van der Waals surface area contributed by atoms with Crippen LogP contribution in [0.3, 0.4) is 0 Å². The highest BCUT2D eigenvalue weighted by atomic mass is 32.1. The summed E-state index contributed by atoms with van der Waals surface area (Å²) >= 11 is 3.13. The monoisotopic (exact) mass is 308 g/mol. The van der Waals surface area contributed by atoms with Gasteiger partial charge in [-0.05, 0) is 30.2 Å². The summed E-state index contributed by atoms with van der Waals surface area (Å²) < 4.78 is 5.18. The van der Waals surface area contributed by atoms with Crippen LogP contribution in [0.25, 0.3) is 10.6 Å². The van der Waals surface area contributed by atoms with Gasteiger partial charge in [0, 0.05) is 23.4 Å². The molecule has 1 unspecified atom stereocenters. The van der Waals surface area contributed by atoms with Gasteiger partial charge < -0.3 is 10.1 Å². The van der Waals surface area contributed by atoms with Crippen LogP contribution in [0.4, 0.5) is 0 Å². The lowest BCUT2D eigenvalue weighted by molar-refractivity contribution is 0.0880. The van der Waals surface area contributed by atoms with Crippen molar-refractivity contribution in [1.29, 1.82) is 0 Å². The molecule has 0 aromatic carbocycles. The van der Waals surface area contributed by atoms with Gasteiger partial charge in [0.25, 0.3) is 5.91 Å². The van der Waals surface area contributed by atoms with Crippen molar-refractivity contribution >= 4 is 28.6 Å². The van der Waals surface area contributed by atoms with Gasteiger partial charge in [-0.1, -0.05) is 0 Å². The molecule has 2 heterocycles. The maximum Gasteiger partial charge on any atom is 0.271 e. The van der Waals surface area contributed by atoms with Gasteiger partial charge in [-0.2, -0.15) is 11.3 Å². The van der Waals surface area contributed by atoms with Crippen LogP contribution in [0.1, 0.15) is 23.3 Å². The third-order valence-electron chi connectivity index (χ3n) is 3.36. The third kappa shape index (κ3) is 3.08. The van der Waals surface area contributed by atoms with Crippen molar-refractivity contribution in [3.63, 3.8) is 0 Å². The predicted molar refractivity (Wildman–Crippen MR) is 81.3 cm³/mol. The van der Waals surface area contributed by atoms with Crippen LogP contribution in [0.5, 0.6) is 0 Å². The van der Waals surface area contributed by atoms with E-state index < -0.39 is 0 Å². The number of thiophene rings is 1. The summed E-state index contributed by atoms with van der Waals surface area (Å²) in [5.74, 6) is 0.463. The number of thiazole rings is 1. The highest BCUT2D eigenvalue weighted by Gasteiger charge is 2.32. The van der Waals surface area contributed by atoms with Gasteiger partial charge in [-0.25, -0.2) is 4.98 Å². The Morgan fingerprint density at radius 3 is 3.05 bits per heavy atom. The van der Waals surface area contributed by atoms with E-state index in [1.54, 1.807) is 18.4 Å². The molecule has 0 spiro atoms. The second-order valence-electron chi connectivity index (χ2n) is 4.92. The van der Waals surface area contributed by atoms with Crippen LogP contribution in [-0.4, -0.2) is 30.6 Å². The maximum absolute atomic E-state index is 12.2. The number of aromatic nitrogens is 1. The lowest BCUT2D eigenvalue weighted by Gasteiger charge is -2.16. The van der Waals surface area contributed by atoms with Gasteiger partial charge in [0.1, 0.15) is 10.7 Å². The van der Waals surface area contributed by atoms with Crippen LogP contribution in [-0.2, 0) is 4.74 Å². The molecular formula is C14H16N2O2S2. The van der Waals surface area contributed by atoms with Crippen LogP contribution < -0.4 is 5.32 Å². The SMILES string of the molecule is COCC(NC(=O)c1csc(-c2ccsc2)n1)C1CC1. The summed E-state index contributed by atoms with van der Waals surface area (Å²) in [5.41, 5.74) is 1.58. The van der Waals surface area contributed by atoms with E-state index in [-0.39, 0.29) is 11.9 Å². The second kappa shape index (κ2) is 6.03. The number of carbonyl (C=O) groups excluding carboxylic acids is 1. The normalized spacial score (nSPS) is 16.1. The van der Waals surface area contributed by atoms with E-state index >= 15 is 0 Å². The number of ether oxygens (including phenoxy) is 1. The zero-order valence-electron chi connectivity index (χ0n) is 11.2. The third-order valence-corrected chi connectivity index (χ3v) is 4.93. The molecule has 2 aromatic rings. The standard InChI is InChI=1S/C14H16N2O2S2/c1-18-6-11(9-2-3-9)15-13(17)12-8-20-14(16-12)10-4-5-19-7-10/h4-5,7-9,11H,2-3,6H2,1H3,(H,15,17). The first kappa shape index (κ1) is 13.7. The Hall–Kier alpha value is -1.24. The molecule has 3 rings (SSSR count). The van der Waals surface area contributed by atoms with E-state index in [0.717, 1.165) is 10.6 Å². The lowest BCUT2D eigenvalue weighted by Crippen LogP contribution is -2.39. The Balaban J connectivity index is 1.67. The van der Waals surface area contributed by atoms with E-state index in [0.29, 0.717) is 18.2 Å². The highest BCUT2D eigenvalue weighted by molar-refractivity contribution is 7.14. The molecule has 0 radical (unpaired) electrons. The quantitative estimate of drug-likeness (QED) is 0.892. The number of amides is 1. The molecule has 4 nitrogen and oxygen atoms in total. The molecule has 1 fully saturated rings. The van der Waals surface area contributed by atoms with Crippen molar-refractivity contribution in [2.75, 3.05) is 13.7 Å². The van der Waals surface area contributed by atoms with Gasteiger partial charge in [-0.3, -0.25) is 4.79 Å². The zero-order valence-corrected chi connectivity index (χ0v) is 12.8. The lowest BCUT2D eigenvalue weighted by atomic mass is 10.2. The number of hydrogen-bond acceptors (Lipinski definition) is 5. The molecule has 1 atom stereocenters. The Bertz CT molecular complexity index is 576. The molecule has 2 aromatic heterocycles. The molecule has 6 heteroatoms. The molecular weight excluding hydrogens is 292 g/mol. The molecule has 0 saturated heterocycles. The number of hydrogen-bond donors (Lipinski definition) is 1. The predicted octanol–water partition coefficient (Wildman–Crippen LogP) is 3.03. The van der Waals surface area contributed by atoms with Crippen LogP contribution in [0.15, 0.2) is 22.2 Å². The fourth-order valence-electron chi connectivity index (χ4n) is 2.11. The molecule has 0 bridgehead atoms. The van der Waals surface area contributed by atoms with E-state index in [4.69, 9.17) is 4.74 Å². The minimum atomic E-state index is -0.100. The first-order chi connectivity index (χ1) is 9.78. The van der Waals surface area contributed by atoms with Crippen molar-refractivity contribution in [3.05, 3.63) is 27.9 Å². The molecule has 0 aliphatic heterocycles. The van der Waals surface area contributed by atoms with Crippen molar-refractivity contribution < 1.29 is 9.53 Å². The minimum absolute atomic E-state index is 0.100. The topological polar surface area (TPSA) is 51.2 Å². The molecule has 1 aliphatic rings. The van der Waals surface area contributed by atoms with E-state index in [1.807, 2.05) is 22.2 Å². The summed E-state index contributed by atoms with van der Waals surface area (Å²) in [6, 6.07) is 2.13. The Morgan fingerprint density at radius 2 is 2.40 bits per heavy atom. The zero-order chi connectivity index (χ0) is 13.9. The molecule has 1 N–H and O–H groups in total. The summed E-state index contributed by atoms with van der Waals surface area (Å²) in [6.45, 7) is 0.567. The summed E-state index contributed by atoms with van der Waals surface area (Å²) in [6.07, 6.45) is 2.34. The average Bonchev–Trinajstić information content (AvgIpc) is 2.94. The molecule has 106 valence electrons. The Labute approximate surface area is 125 Å². The average molecular weight is 308 g/mol. The smallest absolute Gasteiger partial charge is 0.271 e. The van der Waals surface area contributed by atoms with Crippen molar-refractivity contribution in [2.24, 2.45) is 5.92 Å². The van der Waals surface area contributed by atoms with E-state index in [9.17, 15) is 4.79 Å². The van der Waals surface area contributed by atoms with Gasteiger partial charge in [0.15, 0.2) is 0 Å². The second-order valence-corrected chi connectivity index (χ2v) is 6.56. The van der Waals surface area contributed by atoms with Crippen molar-refractivity contribution in [3.8, 4) is 10.6 Å². The first-order valence-electron chi connectivity index (χ1n) is 6.56. The fraction of sp³-hybridized carbons (Fsp3) is 0.429. The summed E-state index contributed by atoms with van der Waals surface area (Å²) in [7, 11) is 1.67. The molecule has 1 aliphatic carbocycles. The van der Waals surface area contributed by atoms with E-state index in [1.165, 1.54) is 24.2 Å². The van der Waals surface area contributed by atoms with Gasteiger partial charge >= 0.3 is 0 Å². The van der Waals surface area contributed by atoms with Gasteiger partial charge in [0.05, 0.1) is 12.6 Å². The summed E-state index contributed by atoms with van der Waals surface area (Å²) in [5, 5.41) is 9.80. The minimum Gasteiger partial charge on any atom is -0.383 e. The highest BCUT2D eigenvalue weighted by Crippen LogP contribution is 2.33. The van der Waals surface area contributed by atoms with Gasteiger partial charge in [-0.15, -0.1) is 11.3 Å². The number of nitrogens with one attached hydrogen (secondary N) is 1. The fourth-order valence-corrected chi connectivity index (χ4v) is 3.63. The first-order valence-corrected chi connectivity index (χ1v) is 8.38. The Kier molecular flexibility index (Phi) is 4.14. The summed E-state index contributed by atoms with van der Waals surface area (Å²) in [4.78, 5) is 16.6. The van der Waals surface area contributed by atoms with Crippen molar-refractivity contribution in [1.82, 2.24) is 10.3 Å². The van der Waals surface area contributed by atoms with Crippen LogP contribution >= 0.6 is 22.7 Å². The number of rotatable bonds is 6. The van der Waals surface area contributed by atoms with Crippen LogP contribution in [0.2, 0.25) is 0 Å². The number of nitrogens with zero attached hydrogens (tertiary/aromatic N) is 1. The number of methoxy groups -OCH3 is 1. The van der Waals surface area contributed by atoms with Crippen molar-refractivity contribution in [2.45, 2.75) is 18.9 Å². The molecule has 20 heavy (non-hydrogen) atoms. The van der Waals surface area contributed by atoms with Gasteiger partial charge in [0.2, 0.25) is 0 Å². The molecule has 1 saturated carbocycles. The Morgan fingerprint density at radius 1 is 1.55 bits per heavy atom.